The summed E-state index contributed by atoms with van der Waals surface area (Å²) in [5.41, 5.74) is 1.01. The van der Waals surface area contributed by atoms with Gasteiger partial charge in [-0.15, -0.1) is 0 Å². The second-order valence-corrected chi connectivity index (χ2v) is 2.90. The summed E-state index contributed by atoms with van der Waals surface area (Å²) in [6.07, 6.45) is 2.31. The maximum atomic E-state index is 10.2. The Morgan fingerprint density at radius 1 is 1.78 bits per heavy atom. The molecule has 0 bridgehead atoms. The number of hydrogen-bond donors (Lipinski definition) is 0. The van der Waals surface area contributed by atoms with Crippen molar-refractivity contribution >= 4 is 32.8 Å². The molecule has 0 fully saturated rings. The molecule has 0 saturated heterocycles. The third-order valence-electron chi connectivity index (χ3n) is 0.849. The fourth-order valence-electron chi connectivity index (χ4n) is 0.415. The zero-order valence-electron chi connectivity index (χ0n) is 5.16. The van der Waals surface area contributed by atoms with Crippen molar-refractivity contribution in [1.82, 2.24) is 0 Å². The highest BCUT2D eigenvalue weighted by Gasteiger charge is 1.90. The van der Waals surface area contributed by atoms with Gasteiger partial charge >= 0.3 is 0 Å². The molecular weight excluding hydrogens is 203 g/mol. The Bertz CT molecular complexity index is 131. The lowest BCUT2D eigenvalue weighted by Gasteiger charge is -1.91. The van der Waals surface area contributed by atoms with Gasteiger partial charge in [0.15, 0.2) is 0 Å². The van der Waals surface area contributed by atoms with Crippen molar-refractivity contribution in [3.8, 4) is 0 Å². The van der Waals surface area contributed by atoms with Crippen molar-refractivity contribution in [1.29, 1.82) is 0 Å². The zero-order chi connectivity index (χ0) is 7.28. The molecule has 0 saturated carbocycles. The van der Waals surface area contributed by atoms with Gasteiger partial charge in [-0.3, -0.25) is 4.79 Å². The molecule has 0 aliphatic rings. The molecule has 9 heavy (non-hydrogen) atoms. The predicted octanol–water partition coefficient (Wildman–Crippen LogP) is 2.48. The molecular formula is C6H8BrClO. The van der Waals surface area contributed by atoms with E-state index < -0.39 is 5.24 Å². The lowest BCUT2D eigenvalue weighted by Crippen LogP contribution is -1.83. The molecule has 0 radical (unpaired) electrons. The molecule has 0 aromatic carbocycles. The van der Waals surface area contributed by atoms with Gasteiger partial charge in [-0.25, -0.2) is 0 Å². The van der Waals surface area contributed by atoms with Crippen LogP contribution in [0.2, 0.25) is 0 Å². The Labute approximate surface area is 68.2 Å². The van der Waals surface area contributed by atoms with Gasteiger partial charge in [0, 0.05) is 5.33 Å². The normalized spacial score (nSPS) is 11.7. The van der Waals surface area contributed by atoms with E-state index in [1.165, 1.54) is 6.08 Å². The van der Waals surface area contributed by atoms with Crippen LogP contribution in [0, 0.1) is 0 Å². The summed E-state index contributed by atoms with van der Waals surface area (Å²) >= 11 is 8.32. The van der Waals surface area contributed by atoms with E-state index in [1.54, 1.807) is 0 Å². The van der Waals surface area contributed by atoms with Crippen LogP contribution in [0.4, 0.5) is 0 Å². The molecule has 0 N–H and O–H groups in total. The van der Waals surface area contributed by atoms with E-state index in [0.717, 1.165) is 17.3 Å². The van der Waals surface area contributed by atoms with Gasteiger partial charge in [0.05, 0.1) is 0 Å². The molecule has 52 valence electrons. The molecule has 0 amide bonds. The van der Waals surface area contributed by atoms with E-state index in [4.69, 9.17) is 11.6 Å². The third kappa shape index (κ3) is 6.06. The van der Waals surface area contributed by atoms with Gasteiger partial charge in [-0.2, -0.15) is 0 Å². The number of hydrogen-bond acceptors (Lipinski definition) is 1. The molecule has 0 aromatic rings. The molecule has 0 aliphatic carbocycles. The standard InChI is InChI=1S/C6H8BrClO/c1-5(2-3-7)4-6(8)9/h4H,2-3H2,1H3/b5-4-. The van der Waals surface area contributed by atoms with Crippen LogP contribution in [-0.2, 0) is 4.79 Å². The predicted molar refractivity (Wildman–Crippen MR) is 43.0 cm³/mol. The Hall–Kier alpha value is 0.180. The smallest absolute Gasteiger partial charge is 0.245 e. The minimum absolute atomic E-state index is 0.395. The van der Waals surface area contributed by atoms with Crippen molar-refractivity contribution in [2.75, 3.05) is 5.33 Å². The van der Waals surface area contributed by atoms with E-state index in [9.17, 15) is 4.79 Å². The summed E-state index contributed by atoms with van der Waals surface area (Å²) in [4.78, 5) is 10.2. The Kier molecular flexibility index (Phi) is 5.10. The lowest BCUT2D eigenvalue weighted by molar-refractivity contribution is -0.107. The zero-order valence-corrected chi connectivity index (χ0v) is 7.50. The van der Waals surface area contributed by atoms with E-state index in [0.29, 0.717) is 0 Å². The SMILES string of the molecule is C/C(=C/C(=O)Cl)CCBr. The van der Waals surface area contributed by atoms with Gasteiger partial charge in [-0.05, 0) is 31.0 Å². The molecule has 1 nitrogen and oxygen atoms in total. The summed E-state index contributed by atoms with van der Waals surface area (Å²) in [5.74, 6) is 0. The number of rotatable bonds is 3. The van der Waals surface area contributed by atoms with Gasteiger partial charge in [0.25, 0.3) is 0 Å². The molecule has 0 heterocycles. The number of carbonyl (C=O) groups is 1. The van der Waals surface area contributed by atoms with Crippen LogP contribution in [0.1, 0.15) is 13.3 Å². The fraction of sp³-hybridized carbons (Fsp3) is 0.500. The highest BCUT2D eigenvalue weighted by atomic mass is 79.9. The first-order valence-corrected chi connectivity index (χ1v) is 4.09. The first kappa shape index (κ1) is 9.18. The summed E-state index contributed by atoms with van der Waals surface area (Å²) < 4.78 is 0. The van der Waals surface area contributed by atoms with Gasteiger partial charge in [0.1, 0.15) is 0 Å². The average molecular weight is 211 g/mol. The van der Waals surface area contributed by atoms with Crippen molar-refractivity contribution in [3.63, 3.8) is 0 Å². The lowest BCUT2D eigenvalue weighted by atomic mass is 10.2. The Morgan fingerprint density at radius 2 is 2.33 bits per heavy atom. The number of alkyl halides is 1. The van der Waals surface area contributed by atoms with Crippen LogP contribution < -0.4 is 0 Å². The molecule has 0 aromatic heterocycles. The van der Waals surface area contributed by atoms with E-state index in [2.05, 4.69) is 15.9 Å². The highest BCUT2D eigenvalue weighted by Crippen LogP contribution is 2.02. The van der Waals surface area contributed by atoms with Crippen LogP contribution in [0.3, 0.4) is 0 Å². The summed E-state index contributed by atoms with van der Waals surface area (Å²) in [5, 5.41) is 0.480. The Morgan fingerprint density at radius 3 is 2.67 bits per heavy atom. The summed E-state index contributed by atoms with van der Waals surface area (Å²) in [6, 6.07) is 0. The largest absolute Gasteiger partial charge is 0.276 e. The highest BCUT2D eigenvalue weighted by molar-refractivity contribution is 9.09. The topological polar surface area (TPSA) is 17.1 Å². The van der Waals surface area contributed by atoms with Crippen LogP contribution >= 0.6 is 27.5 Å². The second kappa shape index (κ2) is 5.00. The van der Waals surface area contributed by atoms with Crippen LogP contribution in [0.15, 0.2) is 11.6 Å². The first-order valence-electron chi connectivity index (χ1n) is 2.59. The number of carbonyl (C=O) groups excluding carboxylic acids is 1. The summed E-state index contributed by atoms with van der Waals surface area (Å²) in [7, 11) is 0. The quantitative estimate of drug-likeness (QED) is 0.398. The summed E-state index contributed by atoms with van der Waals surface area (Å²) in [6.45, 7) is 1.88. The van der Waals surface area contributed by atoms with Crippen LogP contribution in [0.25, 0.3) is 0 Å². The maximum Gasteiger partial charge on any atom is 0.245 e. The Balaban J connectivity index is 3.69. The van der Waals surface area contributed by atoms with Crippen molar-refractivity contribution in [2.24, 2.45) is 0 Å². The number of allylic oxidation sites excluding steroid dienone is 2. The van der Waals surface area contributed by atoms with Crippen LogP contribution in [-0.4, -0.2) is 10.6 Å². The van der Waals surface area contributed by atoms with Gasteiger partial charge in [-0.1, -0.05) is 21.5 Å². The minimum atomic E-state index is -0.395. The average Bonchev–Trinajstić information content (AvgIpc) is 1.63. The molecule has 0 aliphatic heterocycles. The van der Waals surface area contributed by atoms with Crippen molar-refractivity contribution in [3.05, 3.63) is 11.6 Å². The van der Waals surface area contributed by atoms with Gasteiger partial charge < -0.3 is 0 Å². The second-order valence-electron chi connectivity index (χ2n) is 1.73. The van der Waals surface area contributed by atoms with Crippen molar-refractivity contribution in [2.45, 2.75) is 13.3 Å². The molecule has 0 rings (SSSR count). The van der Waals surface area contributed by atoms with Crippen LogP contribution in [0.5, 0.6) is 0 Å². The fourth-order valence-corrected chi connectivity index (χ4v) is 1.23. The van der Waals surface area contributed by atoms with E-state index >= 15 is 0 Å². The third-order valence-corrected chi connectivity index (χ3v) is 1.35. The van der Waals surface area contributed by atoms with Gasteiger partial charge in [0.2, 0.25) is 5.24 Å². The minimum Gasteiger partial charge on any atom is -0.276 e. The van der Waals surface area contributed by atoms with E-state index in [-0.39, 0.29) is 0 Å². The molecule has 0 unspecified atom stereocenters. The first-order chi connectivity index (χ1) is 4.16. The molecule has 3 heteroatoms. The number of halogens is 2. The monoisotopic (exact) mass is 210 g/mol. The molecule has 0 spiro atoms. The maximum absolute atomic E-state index is 10.2. The molecule has 0 atom stereocenters. The van der Waals surface area contributed by atoms with E-state index in [1.807, 2.05) is 6.92 Å². The van der Waals surface area contributed by atoms with Crippen molar-refractivity contribution < 1.29 is 4.79 Å².